The van der Waals surface area contributed by atoms with Crippen molar-refractivity contribution in [3.8, 4) is 0 Å². The molecule has 0 aliphatic rings. The van der Waals surface area contributed by atoms with Gasteiger partial charge < -0.3 is 0 Å². The summed E-state index contributed by atoms with van der Waals surface area (Å²) in [6.45, 7) is 4.40. The van der Waals surface area contributed by atoms with Gasteiger partial charge in [-0.1, -0.05) is 0 Å². The molecule has 20 heavy (non-hydrogen) atoms. The summed E-state index contributed by atoms with van der Waals surface area (Å²) in [5, 5.41) is 2.89. The molecule has 4 heteroatoms. The average molecular weight is 331 g/mol. The third kappa shape index (κ3) is 1.45. The average Bonchev–Trinajstić information content (AvgIpc) is 3.06. The third-order valence-corrected chi connectivity index (χ3v) is 8.28. The monoisotopic (exact) mass is 330 g/mol. The highest BCUT2D eigenvalue weighted by molar-refractivity contribution is 7.34. The zero-order valence-electron chi connectivity index (χ0n) is 10.9. The molecule has 98 valence electrons. The van der Waals surface area contributed by atoms with E-state index >= 15 is 0 Å². The predicted molar refractivity (Wildman–Crippen MR) is 97.4 cm³/mol. The van der Waals surface area contributed by atoms with Gasteiger partial charge in [0.2, 0.25) is 0 Å². The summed E-state index contributed by atoms with van der Waals surface area (Å²) in [6, 6.07) is 9.46. The number of hydrogen-bond acceptors (Lipinski definition) is 4. The highest BCUT2D eigenvalue weighted by Crippen LogP contribution is 2.45. The lowest BCUT2D eigenvalue weighted by Crippen LogP contribution is -1.64. The molecule has 0 amide bonds. The molecule has 1 aromatic carbocycles. The lowest BCUT2D eigenvalue weighted by atomic mass is 10.2. The Kier molecular flexibility index (Phi) is 2.24. The molecule has 0 fully saturated rings. The van der Waals surface area contributed by atoms with Crippen molar-refractivity contribution in [3.63, 3.8) is 0 Å². The van der Waals surface area contributed by atoms with Crippen molar-refractivity contribution in [2.24, 2.45) is 0 Å². The Morgan fingerprint density at radius 3 is 1.45 bits per heavy atom. The van der Waals surface area contributed by atoms with Crippen LogP contribution in [0, 0.1) is 13.8 Å². The van der Waals surface area contributed by atoms with Gasteiger partial charge in [0, 0.05) is 39.3 Å². The molecule has 5 rings (SSSR count). The van der Waals surface area contributed by atoms with Gasteiger partial charge in [0.1, 0.15) is 0 Å². The number of rotatable bonds is 0. The Labute approximate surface area is 131 Å². The smallest absolute Gasteiger partial charge is 0.0532 e. The second-order valence-electron chi connectivity index (χ2n) is 5.15. The molecular weight excluding hydrogens is 320 g/mol. The summed E-state index contributed by atoms with van der Waals surface area (Å²) in [4.78, 5) is 2.83. The maximum absolute atomic E-state index is 2.41. The van der Waals surface area contributed by atoms with Gasteiger partial charge >= 0.3 is 0 Å². The van der Waals surface area contributed by atoms with Crippen LogP contribution in [0.2, 0.25) is 0 Å². The van der Waals surface area contributed by atoms with Crippen molar-refractivity contribution < 1.29 is 0 Å². The number of benzene rings is 1. The SMILES string of the molecule is Cc1cc2sc3cc4c(cc3c2s1)sc1cc(C)sc14. The van der Waals surface area contributed by atoms with Crippen LogP contribution in [0.3, 0.4) is 0 Å². The van der Waals surface area contributed by atoms with E-state index in [1.54, 1.807) is 0 Å². The van der Waals surface area contributed by atoms with Crippen molar-refractivity contribution >= 4 is 84.3 Å². The summed E-state index contributed by atoms with van der Waals surface area (Å²) in [5.41, 5.74) is 0. The normalized spacial score (nSPS) is 12.5. The molecule has 0 N–H and O–H groups in total. The number of aryl methyl sites for hydroxylation is 2. The highest BCUT2D eigenvalue weighted by Gasteiger charge is 2.13. The zero-order valence-corrected chi connectivity index (χ0v) is 14.2. The second-order valence-corrected chi connectivity index (χ2v) is 9.83. The fourth-order valence-electron chi connectivity index (χ4n) is 2.83. The van der Waals surface area contributed by atoms with E-state index < -0.39 is 0 Å². The summed E-state index contributed by atoms with van der Waals surface area (Å²) in [5.74, 6) is 0. The third-order valence-electron chi connectivity index (χ3n) is 3.65. The minimum atomic E-state index is 1.41. The fourth-order valence-corrected chi connectivity index (χ4v) is 7.73. The molecule has 0 saturated carbocycles. The van der Waals surface area contributed by atoms with Gasteiger partial charge in [-0.25, -0.2) is 0 Å². The first kappa shape index (κ1) is 11.7. The van der Waals surface area contributed by atoms with Gasteiger partial charge in [-0.05, 0) is 38.1 Å². The second kappa shape index (κ2) is 3.83. The lowest BCUT2D eigenvalue weighted by Gasteiger charge is -1.92. The van der Waals surface area contributed by atoms with Gasteiger partial charge in [0.05, 0.1) is 9.40 Å². The number of hydrogen-bond donors (Lipinski definition) is 0. The fraction of sp³-hybridized carbons (Fsp3) is 0.125. The summed E-state index contributed by atoms with van der Waals surface area (Å²) >= 11 is 7.72. The van der Waals surface area contributed by atoms with Crippen molar-refractivity contribution in [2.75, 3.05) is 0 Å². The van der Waals surface area contributed by atoms with Crippen molar-refractivity contribution in [2.45, 2.75) is 13.8 Å². The maximum atomic E-state index is 2.41. The number of thiophene rings is 4. The van der Waals surface area contributed by atoms with Crippen LogP contribution in [0.25, 0.3) is 39.0 Å². The van der Waals surface area contributed by atoms with Gasteiger partial charge in [-0.15, -0.1) is 45.3 Å². The Balaban J connectivity index is 2.00. The summed E-state index contributed by atoms with van der Waals surface area (Å²) < 4.78 is 8.70. The molecule has 0 atom stereocenters. The Bertz CT molecular complexity index is 1020. The molecule has 0 unspecified atom stereocenters. The van der Waals surface area contributed by atoms with Crippen LogP contribution in [0.15, 0.2) is 24.3 Å². The maximum Gasteiger partial charge on any atom is 0.0532 e. The molecule has 0 radical (unpaired) electrons. The molecule has 4 heterocycles. The molecule has 5 aromatic rings. The largest absolute Gasteiger partial charge is 0.139 e. The first-order chi connectivity index (χ1) is 9.69. The standard InChI is InChI=1S/C16H10S4/c1-7-3-13-15(17-7)9-5-12-10(6-11(9)19-13)16-14(20-12)4-8(2)18-16/h3-6H,1-2H3. The quantitative estimate of drug-likeness (QED) is 0.282. The summed E-state index contributed by atoms with van der Waals surface area (Å²) in [6.07, 6.45) is 0. The van der Waals surface area contributed by atoms with E-state index in [2.05, 4.69) is 38.1 Å². The molecule has 0 aliphatic heterocycles. The van der Waals surface area contributed by atoms with Gasteiger partial charge in [-0.2, -0.15) is 0 Å². The van der Waals surface area contributed by atoms with Gasteiger partial charge in [0.25, 0.3) is 0 Å². The van der Waals surface area contributed by atoms with E-state index in [1.165, 1.54) is 48.7 Å². The van der Waals surface area contributed by atoms with E-state index in [1.807, 2.05) is 45.3 Å². The van der Waals surface area contributed by atoms with E-state index in [9.17, 15) is 0 Å². The van der Waals surface area contributed by atoms with Crippen LogP contribution < -0.4 is 0 Å². The highest BCUT2D eigenvalue weighted by atomic mass is 32.1. The first-order valence-electron chi connectivity index (χ1n) is 6.44. The van der Waals surface area contributed by atoms with Crippen LogP contribution in [0.4, 0.5) is 0 Å². The number of fused-ring (bicyclic) bond motifs is 6. The van der Waals surface area contributed by atoms with Crippen molar-refractivity contribution in [1.82, 2.24) is 0 Å². The van der Waals surface area contributed by atoms with Crippen LogP contribution in [0.5, 0.6) is 0 Å². The predicted octanol–water partition coefficient (Wildman–Crippen LogP) is 7.16. The van der Waals surface area contributed by atoms with Crippen molar-refractivity contribution in [1.29, 1.82) is 0 Å². The van der Waals surface area contributed by atoms with Gasteiger partial charge in [0.15, 0.2) is 0 Å². The van der Waals surface area contributed by atoms with E-state index in [4.69, 9.17) is 0 Å². The minimum Gasteiger partial charge on any atom is -0.139 e. The Hall–Kier alpha value is -0.940. The molecule has 0 saturated heterocycles. The molecule has 0 spiro atoms. The van der Waals surface area contributed by atoms with Crippen LogP contribution in [-0.4, -0.2) is 0 Å². The molecular formula is C16H10S4. The van der Waals surface area contributed by atoms with Crippen LogP contribution in [-0.2, 0) is 0 Å². The van der Waals surface area contributed by atoms with Gasteiger partial charge in [-0.3, -0.25) is 0 Å². The zero-order chi connectivity index (χ0) is 13.4. The van der Waals surface area contributed by atoms with E-state index in [0.29, 0.717) is 0 Å². The topological polar surface area (TPSA) is 0 Å². The van der Waals surface area contributed by atoms with Crippen LogP contribution >= 0.6 is 45.3 Å². The van der Waals surface area contributed by atoms with Crippen LogP contribution in [0.1, 0.15) is 9.75 Å². The van der Waals surface area contributed by atoms with E-state index in [0.717, 1.165) is 0 Å². The molecule has 0 nitrogen and oxygen atoms in total. The molecule has 0 bridgehead atoms. The Morgan fingerprint density at radius 2 is 1.00 bits per heavy atom. The van der Waals surface area contributed by atoms with E-state index in [-0.39, 0.29) is 0 Å². The lowest BCUT2D eigenvalue weighted by molar-refractivity contribution is 1.66. The first-order valence-corrected chi connectivity index (χ1v) is 9.71. The Morgan fingerprint density at radius 1 is 0.550 bits per heavy atom. The molecule has 0 aliphatic carbocycles. The van der Waals surface area contributed by atoms with Crippen molar-refractivity contribution in [3.05, 3.63) is 34.0 Å². The summed E-state index contributed by atoms with van der Waals surface area (Å²) in [7, 11) is 0. The molecule has 4 aromatic heterocycles. The minimum absolute atomic E-state index is 1.41.